The molecule has 0 fully saturated rings. The van der Waals surface area contributed by atoms with Crippen molar-refractivity contribution in [2.45, 2.75) is 25.8 Å². The van der Waals surface area contributed by atoms with Crippen LogP contribution in [-0.4, -0.2) is 19.6 Å². The Hall–Kier alpha value is -0.730. The highest BCUT2D eigenvalue weighted by Crippen LogP contribution is 2.32. The predicted molar refractivity (Wildman–Crippen MR) is 65.8 cm³/mol. The molecule has 82 valence electrons. The van der Waals surface area contributed by atoms with Crippen molar-refractivity contribution in [1.29, 1.82) is 0 Å². The number of benzene rings is 1. The number of hydrogen-bond acceptors (Lipinski definition) is 2. The van der Waals surface area contributed by atoms with Gasteiger partial charge in [0.25, 0.3) is 0 Å². The third kappa shape index (κ3) is 2.11. The molecule has 1 heterocycles. The normalized spacial score (nSPS) is 19.5. The summed E-state index contributed by atoms with van der Waals surface area (Å²) < 4.78 is 0. The van der Waals surface area contributed by atoms with Gasteiger partial charge in [0.2, 0.25) is 0 Å². The fourth-order valence-corrected chi connectivity index (χ4v) is 2.31. The van der Waals surface area contributed by atoms with Gasteiger partial charge < -0.3 is 10.6 Å². The Kier molecular flexibility index (Phi) is 3.17. The fraction of sp³-hybridized carbons (Fsp3) is 0.500. The lowest BCUT2D eigenvalue weighted by Gasteiger charge is -2.28. The van der Waals surface area contributed by atoms with E-state index < -0.39 is 0 Å². The van der Waals surface area contributed by atoms with Gasteiger partial charge in [0.1, 0.15) is 0 Å². The molecule has 1 atom stereocenters. The number of anilines is 1. The molecule has 15 heavy (non-hydrogen) atoms. The van der Waals surface area contributed by atoms with Crippen LogP contribution in [0.3, 0.4) is 0 Å². The number of fused-ring (bicyclic) bond motifs is 1. The molecule has 3 heteroatoms. The molecule has 1 aromatic rings. The molecule has 0 spiro atoms. The molecule has 0 aromatic heterocycles. The van der Waals surface area contributed by atoms with Gasteiger partial charge >= 0.3 is 0 Å². The van der Waals surface area contributed by atoms with E-state index in [-0.39, 0.29) is 0 Å². The first-order valence-corrected chi connectivity index (χ1v) is 5.79. The van der Waals surface area contributed by atoms with E-state index in [2.05, 4.69) is 23.6 Å². The maximum atomic E-state index is 6.11. The Balaban J connectivity index is 2.27. The highest BCUT2D eigenvalue weighted by Gasteiger charge is 2.19. The van der Waals surface area contributed by atoms with E-state index in [0.29, 0.717) is 6.04 Å². The van der Waals surface area contributed by atoms with E-state index in [4.69, 9.17) is 11.6 Å². The molecule has 1 aliphatic rings. The van der Waals surface area contributed by atoms with Crippen molar-refractivity contribution in [3.05, 3.63) is 28.3 Å². The number of halogens is 1. The standard InChI is InChI=1S/C12H17ClN2/c1-8-11(13)6-4-9-3-5-10(7-14-2)15-12(8)9/h4,6,10,14-15H,3,5,7H2,1-2H3. The van der Waals surface area contributed by atoms with Crippen LogP contribution in [0.4, 0.5) is 5.69 Å². The summed E-state index contributed by atoms with van der Waals surface area (Å²) in [5, 5.41) is 7.62. The van der Waals surface area contributed by atoms with Gasteiger partial charge in [0.15, 0.2) is 0 Å². The van der Waals surface area contributed by atoms with Crippen LogP contribution in [0.2, 0.25) is 5.02 Å². The molecular formula is C12H17ClN2. The lowest BCUT2D eigenvalue weighted by atomic mass is 9.95. The number of likely N-dealkylation sites (N-methyl/N-ethyl adjacent to an activating group) is 1. The molecule has 1 aromatic carbocycles. The monoisotopic (exact) mass is 224 g/mol. The summed E-state index contributed by atoms with van der Waals surface area (Å²) in [4.78, 5) is 0. The SMILES string of the molecule is CNCC1CCc2ccc(Cl)c(C)c2N1. The number of aryl methyl sites for hydroxylation is 1. The lowest BCUT2D eigenvalue weighted by molar-refractivity contribution is 0.592. The number of rotatable bonds is 2. The smallest absolute Gasteiger partial charge is 0.0455 e. The zero-order chi connectivity index (χ0) is 10.8. The van der Waals surface area contributed by atoms with Crippen LogP contribution in [-0.2, 0) is 6.42 Å². The minimum absolute atomic E-state index is 0.527. The highest BCUT2D eigenvalue weighted by molar-refractivity contribution is 6.31. The minimum Gasteiger partial charge on any atom is -0.381 e. The summed E-state index contributed by atoms with van der Waals surface area (Å²) in [5.74, 6) is 0. The Morgan fingerprint density at radius 1 is 1.53 bits per heavy atom. The predicted octanol–water partition coefficient (Wildman–Crippen LogP) is 2.59. The Labute approximate surface area is 96.0 Å². The van der Waals surface area contributed by atoms with E-state index in [1.165, 1.54) is 23.2 Å². The van der Waals surface area contributed by atoms with Gasteiger partial charge in [0.05, 0.1) is 0 Å². The minimum atomic E-state index is 0.527. The summed E-state index contributed by atoms with van der Waals surface area (Å²) in [6.07, 6.45) is 2.33. The molecule has 2 rings (SSSR count). The largest absolute Gasteiger partial charge is 0.381 e. The second-order valence-corrected chi connectivity index (χ2v) is 4.55. The molecule has 1 unspecified atom stereocenters. The molecule has 2 nitrogen and oxygen atoms in total. The first kappa shape index (κ1) is 10.8. The third-order valence-electron chi connectivity index (χ3n) is 3.05. The molecule has 1 aliphatic heterocycles. The molecule has 2 N–H and O–H groups in total. The second kappa shape index (κ2) is 4.42. The van der Waals surface area contributed by atoms with Crippen molar-refractivity contribution in [2.24, 2.45) is 0 Å². The Morgan fingerprint density at radius 3 is 3.07 bits per heavy atom. The maximum Gasteiger partial charge on any atom is 0.0455 e. The number of nitrogens with one attached hydrogen (secondary N) is 2. The summed E-state index contributed by atoms with van der Waals surface area (Å²) in [5.41, 5.74) is 3.81. The first-order valence-electron chi connectivity index (χ1n) is 5.41. The van der Waals surface area contributed by atoms with E-state index in [9.17, 15) is 0 Å². The van der Waals surface area contributed by atoms with Crippen LogP contribution in [0, 0.1) is 6.92 Å². The molecule has 0 bridgehead atoms. The molecule has 0 radical (unpaired) electrons. The fourth-order valence-electron chi connectivity index (χ4n) is 2.16. The van der Waals surface area contributed by atoms with Gasteiger partial charge in [-0.2, -0.15) is 0 Å². The van der Waals surface area contributed by atoms with Crippen LogP contribution >= 0.6 is 11.6 Å². The van der Waals surface area contributed by atoms with Gasteiger partial charge in [-0.15, -0.1) is 0 Å². The first-order chi connectivity index (χ1) is 7.22. The van der Waals surface area contributed by atoms with Crippen LogP contribution in [0.1, 0.15) is 17.5 Å². The van der Waals surface area contributed by atoms with Gasteiger partial charge in [-0.1, -0.05) is 17.7 Å². The number of hydrogen-bond donors (Lipinski definition) is 2. The Morgan fingerprint density at radius 2 is 2.33 bits per heavy atom. The van der Waals surface area contributed by atoms with Gasteiger partial charge in [-0.05, 0) is 44.0 Å². The molecular weight excluding hydrogens is 208 g/mol. The van der Waals surface area contributed by atoms with Crippen LogP contribution < -0.4 is 10.6 Å². The molecule has 0 saturated carbocycles. The highest BCUT2D eigenvalue weighted by atomic mass is 35.5. The summed E-state index contributed by atoms with van der Waals surface area (Å²) >= 11 is 6.11. The van der Waals surface area contributed by atoms with E-state index in [0.717, 1.165) is 18.0 Å². The van der Waals surface area contributed by atoms with Crippen molar-refractivity contribution < 1.29 is 0 Å². The summed E-state index contributed by atoms with van der Waals surface area (Å²) in [6.45, 7) is 3.08. The quantitative estimate of drug-likeness (QED) is 0.807. The second-order valence-electron chi connectivity index (χ2n) is 4.14. The lowest BCUT2D eigenvalue weighted by Crippen LogP contribution is -2.34. The average Bonchev–Trinajstić information content (AvgIpc) is 2.25. The molecule has 0 amide bonds. The van der Waals surface area contributed by atoms with Crippen molar-refractivity contribution in [3.63, 3.8) is 0 Å². The van der Waals surface area contributed by atoms with E-state index >= 15 is 0 Å². The van der Waals surface area contributed by atoms with Crippen molar-refractivity contribution >= 4 is 17.3 Å². The third-order valence-corrected chi connectivity index (χ3v) is 3.46. The van der Waals surface area contributed by atoms with Crippen LogP contribution in [0.15, 0.2) is 12.1 Å². The van der Waals surface area contributed by atoms with E-state index in [1.807, 2.05) is 13.1 Å². The van der Waals surface area contributed by atoms with Crippen molar-refractivity contribution in [2.75, 3.05) is 18.9 Å². The van der Waals surface area contributed by atoms with Gasteiger partial charge in [-0.3, -0.25) is 0 Å². The average molecular weight is 225 g/mol. The van der Waals surface area contributed by atoms with Crippen LogP contribution in [0.25, 0.3) is 0 Å². The topological polar surface area (TPSA) is 24.1 Å². The summed E-state index contributed by atoms with van der Waals surface area (Å²) in [7, 11) is 1.99. The zero-order valence-corrected chi connectivity index (χ0v) is 9.99. The van der Waals surface area contributed by atoms with Gasteiger partial charge in [-0.25, -0.2) is 0 Å². The van der Waals surface area contributed by atoms with Crippen molar-refractivity contribution in [1.82, 2.24) is 5.32 Å². The van der Waals surface area contributed by atoms with Gasteiger partial charge in [0, 0.05) is 23.3 Å². The van der Waals surface area contributed by atoms with Crippen molar-refractivity contribution in [3.8, 4) is 0 Å². The molecule has 0 saturated heterocycles. The molecule has 0 aliphatic carbocycles. The zero-order valence-electron chi connectivity index (χ0n) is 9.23. The maximum absolute atomic E-state index is 6.11. The van der Waals surface area contributed by atoms with E-state index in [1.54, 1.807) is 0 Å². The van der Waals surface area contributed by atoms with Crippen LogP contribution in [0.5, 0.6) is 0 Å². The summed E-state index contributed by atoms with van der Waals surface area (Å²) in [6, 6.07) is 4.66. The Bertz CT molecular complexity index is 363.